The van der Waals surface area contributed by atoms with Gasteiger partial charge in [-0.15, -0.1) is 0 Å². The molecule has 0 aliphatic carbocycles. The number of piperazine rings is 1. The maximum Gasteiger partial charge on any atom is 0.225 e. The minimum atomic E-state index is -0.0303. The van der Waals surface area contributed by atoms with E-state index in [2.05, 4.69) is 27.0 Å². The third kappa shape index (κ3) is 4.68. The zero-order valence-corrected chi connectivity index (χ0v) is 12.7. The van der Waals surface area contributed by atoms with Crippen LogP contribution in [0.5, 0.6) is 0 Å². The highest BCUT2D eigenvalue weighted by molar-refractivity contribution is 5.89. The maximum absolute atomic E-state index is 11.6. The van der Waals surface area contributed by atoms with Crippen LogP contribution in [-0.4, -0.2) is 55.1 Å². The van der Waals surface area contributed by atoms with Crippen molar-refractivity contribution in [2.45, 2.75) is 19.8 Å². The molecule has 1 aliphatic heterocycles. The number of pyridine rings is 1. The first kappa shape index (κ1) is 15.7. The van der Waals surface area contributed by atoms with Gasteiger partial charge in [-0.2, -0.15) is 0 Å². The zero-order valence-electron chi connectivity index (χ0n) is 12.7. The monoisotopic (exact) mass is 291 g/mol. The normalized spacial score (nSPS) is 16.0. The van der Waals surface area contributed by atoms with Gasteiger partial charge in [0.05, 0.1) is 11.9 Å². The molecule has 21 heavy (non-hydrogen) atoms. The van der Waals surface area contributed by atoms with Crippen LogP contribution in [0.1, 0.15) is 19.8 Å². The molecule has 3 N–H and O–H groups in total. The Morgan fingerprint density at radius 3 is 2.67 bits per heavy atom. The largest absolute Gasteiger partial charge is 0.368 e. The number of aromatic nitrogens is 1. The van der Waals surface area contributed by atoms with E-state index in [9.17, 15) is 4.79 Å². The number of hydrogen-bond acceptors (Lipinski definition) is 5. The molecule has 1 saturated heterocycles. The van der Waals surface area contributed by atoms with Crippen molar-refractivity contribution >= 4 is 17.4 Å². The Labute approximate surface area is 126 Å². The third-order valence-corrected chi connectivity index (χ3v) is 3.81. The molecule has 2 rings (SSSR count). The molecule has 6 nitrogen and oxygen atoms in total. The SMILES string of the molecule is CCN1CCN(c2ccc(NC(=O)CCCN)nc2)CC1. The quantitative estimate of drug-likeness (QED) is 0.814. The first-order chi connectivity index (χ1) is 10.2. The van der Waals surface area contributed by atoms with Crippen molar-refractivity contribution in [3.63, 3.8) is 0 Å². The van der Waals surface area contributed by atoms with Gasteiger partial charge in [-0.05, 0) is 31.6 Å². The molecular weight excluding hydrogens is 266 g/mol. The van der Waals surface area contributed by atoms with E-state index in [1.54, 1.807) is 0 Å². The number of rotatable bonds is 6. The van der Waals surface area contributed by atoms with Crippen molar-refractivity contribution in [3.05, 3.63) is 18.3 Å². The highest BCUT2D eigenvalue weighted by atomic mass is 16.1. The van der Waals surface area contributed by atoms with Gasteiger partial charge in [0.1, 0.15) is 5.82 Å². The van der Waals surface area contributed by atoms with Crippen LogP contribution in [0.15, 0.2) is 18.3 Å². The van der Waals surface area contributed by atoms with Crippen LogP contribution in [0, 0.1) is 0 Å². The summed E-state index contributed by atoms with van der Waals surface area (Å²) in [7, 11) is 0. The van der Waals surface area contributed by atoms with Crippen molar-refractivity contribution in [2.75, 3.05) is 49.5 Å². The Kier molecular flexibility index (Phi) is 5.95. The molecule has 6 heteroatoms. The lowest BCUT2D eigenvalue weighted by Crippen LogP contribution is -2.46. The first-order valence-electron chi connectivity index (χ1n) is 7.66. The zero-order chi connectivity index (χ0) is 15.1. The van der Waals surface area contributed by atoms with Crippen LogP contribution in [0.4, 0.5) is 11.5 Å². The number of amides is 1. The van der Waals surface area contributed by atoms with Gasteiger partial charge in [-0.1, -0.05) is 6.92 Å². The Balaban J connectivity index is 1.86. The summed E-state index contributed by atoms with van der Waals surface area (Å²) >= 11 is 0. The van der Waals surface area contributed by atoms with Crippen molar-refractivity contribution in [2.24, 2.45) is 5.73 Å². The Bertz CT molecular complexity index is 440. The lowest BCUT2D eigenvalue weighted by molar-refractivity contribution is -0.116. The standard InChI is InChI=1S/C15H25N5O/c1-2-19-8-10-20(11-9-19)13-5-6-14(17-12-13)18-15(21)4-3-7-16/h5-6,12H,2-4,7-11,16H2,1H3,(H,17,18,21). The maximum atomic E-state index is 11.6. The molecule has 0 aromatic carbocycles. The molecule has 1 aromatic rings. The highest BCUT2D eigenvalue weighted by Gasteiger charge is 2.16. The number of carbonyl (C=O) groups is 1. The van der Waals surface area contributed by atoms with Crippen LogP contribution in [0.25, 0.3) is 0 Å². The second kappa shape index (κ2) is 7.95. The van der Waals surface area contributed by atoms with Gasteiger partial charge in [-0.3, -0.25) is 4.79 Å². The molecule has 1 aromatic heterocycles. The third-order valence-electron chi connectivity index (χ3n) is 3.81. The van der Waals surface area contributed by atoms with Crippen LogP contribution in [0.2, 0.25) is 0 Å². The molecule has 1 fully saturated rings. The predicted molar refractivity (Wildman–Crippen MR) is 85.5 cm³/mol. The van der Waals surface area contributed by atoms with Gasteiger partial charge in [0.25, 0.3) is 0 Å². The number of nitrogens with one attached hydrogen (secondary N) is 1. The number of anilines is 2. The Morgan fingerprint density at radius 1 is 1.33 bits per heavy atom. The van der Waals surface area contributed by atoms with E-state index < -0.39 is 0 Å². The number of hydrogen-bond donors (Lipinski definition) is 2. The van der Waals surface area contributed by atoms with E-state index in [0.717, 1.165) is 38.4 Å². The van der Waals surface area contributed by atoms with Crippen molar-refractivity contribution in [1.29, 1.82) is 0 Å². The van der Waals surface area contributed by atoms with Crippen LogP contribution in [0.3, 0.4) is 0 Å². The molecule has 0 spiro atoms. The van der Waals surface area contributed by atoms with Gasteiger partial charge in [-0.25, -0.2) is 4.98 Å². The molecule has 2 heterocycles. The second-order valence-corrected chi connectivity index (χ2v) is 5.26. The van der Waals surface area contributed by atoms with Crippen molar-refractivity contribution < 1.29 is 4.79 Å². The summed E-state index contributed by atoms with van der Waals surface area (Å²) in [5, 5.41) is 2.79. The van der Waals surface area contributed by atoms with E-state index in [1.165, 1.54) is 0 Å². The van der Waals surface area contributed by atoms with Gasteiger partial charge in [0, 0.05) is 32.6 Å². The van der Waals surface area contributed by atoms with Gasteiger partial charge >= 0.3 is 0 Å². The first-order valence-corrected chi connectivity index (χ1v) is 7.66. The topological polar surface area (TPSA) is 74.5 Å². The molecule has 0 bridgehead atoms. The van der Waals surface area contributed by atoms with Crippen molar-refractivity contribution in [3.8, 4) is 0 Å². The molecule has 116 valence electrons. The average Bonchev–Trinajstić information content (AvgIpc) is 2.54. The summed E-state index contributed by atoms with van der Waals surface area (Å²) in [6.07, 6.45) is 2.98. The summed E-state index contributed by atoms with van der Waals surface area (Å²) in [6.45, 7) is 8.07. The Morgan fingerprint density at radius 2 is 2.10 bits per heavy atom. The Hall–Kier alpha value is -1.66. The van der Waals surface area contributed by atoms with Gasteiger partial charge in [0.15, 0.2) is 0 Å². The average molecular weight is 291 g/mol. The highest BCUT2D eigenvalue weighted by Crippen LogP contribution is 2.17. The summed E-state index contributed by atoms with van der Waals surface area (Å²) in [5.41, 5.74) is 6.50. The molecular formula is C15H25N5O. The molecule has 0 radical (unpaired) electrons. The number of nitrogens with two attached hydrogens (primary N) is 1. The summed E-state index contributed by atoms with van der Waals surface area (Å²) in [6, 6.07) is 3.88. The molecule has 1 amide bonds. The lowest BCUT2D eigenvalue weighted by Gasteiger charge is -2.35. The molecule has 0 unspecified atom stereocenters. The van der Waals surface area contributed by atoms with E-state index >= 15 is 0 Å². The van der Waals surface area contributed by atoms with Crippen LogP contribution in [-0.2, 0) is 4.79 Å². The minimum Gasteiger partial charge on any atom is -0.368 e. The number of nitrogens with zero attached hydrogens (tertiary/aromatic N) is 3. The lowest BCUT2D eigenvalue weighted by atomic mass is 10.2. The summed E-state index contributed by atoms with van der Waals surface area (Å²) in [5.74, 6) is 0.574. The fraction of sp³-hybridized carbons (Fsp3) is 0.600. The van der Waals surface area contributed by atoms with E-state index in [-0.39, 0.29) is 5.91 Å². The smallest absolute Gasteiger partial charge is 0.225 e. The minimum absolute atomic E-state index is 0.0303. The number of carbonyl (C=O) groups excluding carboxylic acids is 1. The predicted octanol–water partition coefficient (Wildman–Crippen LogP) is 0.901. The van der Waals surface area contributed by atoms with E-state index in [4.69, 9.17) is 5.73 Å². The fourth-order valence-corrected chi connectivity index (χ4v) is 2.44. The van der Waals surface area contributed by atoms with Crippen LogP contribution >= 0.6 is 0 Å². The molecule has 1 aliphatic rings. The molecule has 0 atom stereocenters. The van der Waals surface area contributed by atoms with Crippen molar-refractivity contribution in [1.82, 2.24) is 9.88 Å². The molecule has 0 saturated carbocycles. The fourth-order valence-electron chi connectivity index (χ4n) is 2.44. The number of likely N-dealkylation sites (N-methyl/N-ethyl adjacent to an activating group) is 1. The summed E-state index contributed by atoms with van der Waals surface area (Å²) in [4.78, 5) is 20.7. The van der Waals surface area contributed by atoms with E-state index in [0.29, 0.717) is 25.2 Å². The summed E-state index contributed by atoms with van der Waals surface area (Å²) < 4.78 is 0. The second-order valence-electron chi connectivity index (χ2n) is 5.26. The van der Waals surface area contributed by atoms with Gasteiger partial charge < -0.3 is 20.9 Å². The van der Waals surface area contributed by atoms with Crippen LogP contribution < -0.4 is 16.0 Å². The van der Waals surface area contributed by atoms with Gasteiger partial charge in [0.2, 0.25) is 5.91 Å². The van der Waals surface area contributed by atoms with E-state index in [1.807, 2.05) is 18.3 Å².